The second-order valence-electron chi connectivity index (χ2n) is 5.89. The summed E-state index contributed by atoms with van der Waals surface area (Å²) in [7, 11) is 1.31. The maximum absolute atomic E-state index is 12.9. The first-order valence-electron chi connectivity index (χ1n) is 7.93. The van der Waals surface area contributed by atoms with Crippen LogP contribution >= 0.6 is 0 Å². The van der Waals surface area contributed by atoms with Gasteiger partial charge in [0.1, 0.15) is 5.76 Å². The molecule has 1 aliphatic heterocycles. The van der Waals surface area contributed by atoms with Gasteiger partial charge in [-0.3, -0.25) is 4.79 Å². The highest BCUT2D eigenvalue weighted by Crippen LogP contribution is 2.32. The van der Waals surface area contributed by atoms with Crippen LogP contribution in [0.25, 0.3) is 6.08 Å². The summed E-state index contributed by atoms with van der Waals surface area (Å²) in [6.45, 7) is 3.98. The Labute approximate surface area is 146 Å². The lowest BCUT2D eigenvalue weighted by Gasteiger charge is -2.16. The average Bonchev–Trinajstić information content (AvgIpc) is 3.18. The van der Waals surface area contributed by atoms with Crippen LogP contribution in [0.1, 0.15) is 23.8 Å². The number of furan rings is 1. The molecule has 1 aliphatic rings. The zero-order valence-electron chi connectivity index (χ0n) is 14.4. The van der Waals surface area contributed by atoms with Crippen LogP contribution in [0.2, 0.25) is 0 Å². The molecule has 2 aromatic rings. The van der Waals surface area contributed by atoms with Crippen LogP contribution in [-0.4, -0.2) is 23.9 Å². The standard InChI is InChI=1S/C20H19NO4/c1-13-6-4-7-15(10-13)11-17-18(20(23)24-3)14(2)21(19(17)22)12-16-8-5-9-25-16/h4-11H,12H2,1-3H3/b17-11-. The molecule has 1 aromatic carbocycles. The number of carbonyl (C=O) groups excluding carboxylic acids is 2. The maximum atomic E-state index is 12.9. The van der Waals surface area contributed by atoms with Crippen molar-refractivity contribution in [1.29, 1.82) is 0 Å². The third-order valence-electron chi connectivity index (χ3n) is 4.15. The number of amides is 1. The Hall–Kier alpha value is -3.08. The lowest BCUT2D eigenvalue weighted by molar-refractivity contribution is -0.136. The predicted molar refractivity (Wildman–Crippen MR) is 93.1 cm³/mol. The molecule has 0 N–H and O–H groups in total. The monoisotopic (exact) mass is 337 g/mol. The summed E-state index contributed by atoms with van der Waals surface area (Å²) in [5, 5.41) is 0. The van der Waals surface area contributed by atoms with Gasteiger partial charge in [0.15, 0.2) is 0 Å². The zero-order valence-corrected chi connectivity index (χ0v) is 14.4. The fourth-order valence-corrected chi connectivity index (χ4v) is 2.90. The molecule has 0 saturated heterocycles. The number of rotatable bonds is 4. The molecule has 0 saturated carbocycles. The van der Waals surface area contributed by atoms with Gasteiger partial charge in [-0.05, 0) is 37.6 Å². The van der Waals surface area contributed by atoms with E-state index in [-0.39, 0.29) is 12.5 Å². The van der Waals surface area contributed by atoms with Gasteiger partial charge in [0.05, 0.1) is 31.1 Å². The molecule has 3 rings (SSSR count). The molecule has 0 fully saturated rings. The van der Waals surface area contributed by atoms with Gasteiger partial charge in [0.2, 0.25) is 0 Å². The smallest absolute Gasteiger partial charge is 0.340 e. The number of benzene rings is 1. The highest BCUT2D eigenvalue weighted by molar-refractivity contribution is 6.16. The minimum Gasteiger partial charge on any atom is -0.467 e. The fraction of sp³-hybridized carbons (Fsp3) is 0.200. The summed E-state index contributed by atoms with van der Waals surface area (Å²) in [6.07, 6.45) is 3.28. The Morgan fingerprint density at radius 1 is 1.24 bits per heavy atom. The number of methoxy groups -OCH3 is 1. The summed E-state index contributed by atoms with van der Waals surface area (Å²) in [6, 6.07) is 11.3. The van der Waals surface area contributed by atoms with E-state index in [1.54, 1.807) is 31.4 Å². The number of allylic oxidation sites excluding steroid dienone is 1. The summed E-state index contributed by atoms with van der Waals surface area (Å²) in [5.41, 5.74) is 3.12. The SMILES string of the molecule is COC(=O)C1=C(C)N(Cc2ccco2)C(=O)/C1=C\c1cccc(C)c1. The minimum absolute atomic E-state index is 0.240. The lowest BCUT2D eigenvalue weighted by Crippen LogP contribution is -2.24. The summed E-state index contributed by atoms with van der Waals surface area (Å²) < 4.78 is 10.2. The van der Waals surface area contributed by atoms with E-state index in [4.69, 9.17) is 9.15 Å². The molecule has 0 unspecified atom stereocenters. The van der Waals surface area contributed by atoms with Crippen molar-refractivity contribution < 1.29 is 18.7 Å². The topological polar surface area (TPSA) is 59.8 Å². The van der Waals surface area contributed by atoms with E-state index in [0.29, 0.717) is 22.6 Å². The van der Waals surface area contributed by atoms with E-state index in [1.807, 2.05) is 31.2 Å². The van der Waals surface area contributed by atoms with Gasteiger partial charge in [0, 0.05) is 5.70 Å². The number of hydrogen-bond acceptors (Lipinski definition) is 4. The minimum atomic E-state index is -0.522. The first-order valence-corrected chi connectivity index (χ1v) is 7.93. The van der Waals surface area contributed by atoms with Gasteiger partial charge in [-0.15, -0.1) is 0 Å². The van der Waals surface area contributed by atoms with E-state index in [2.05, 4.69) is 0 Å². The molecule has 1 aromatic heterocycles. The van der Waals surface area contributed by atoms with Crippen molar-refractivity contribution in [2.45, 2.75) is 20.4 Å². The van der Waals surface area contributed by atoms with Crippen molar-refractivity contribution in [3.63, 3.8) is 0 Å². The van der Waals surface area contributed by atoms with Crippen molar-refractivity contribution in [2.75, 3.05) is 7.11 Å². The van der Waals surface area contributed by atoms with Crippen LogP contribution in [0.15, 0.2) is 63.9 Å². The molecule has 0 bridgehead atoms. The number of ether oxygens (including phenoxy) is 1. The molecule has 5 heteroatoms. The summed E-state index contributed by atoms with van der Waals surface area (Å²) in [4.78, 5) is 26.7. The van der Waals surface area contributed by atoms with E-state index in [0.717, 1.165) is 11.1 Å². The number of esters is 1. The maximum Gasteiger partial charge on any atom is 0.340 e. The zero-order chi connectivity index (χ0) is 18.0. The van der Waals surface area contributed by atoms with E-state index in [1.165, 1.54) is 12.0 Å². The van der Waals surface area contributed by atoms with Gasteiger partial charge in [-0.25, -0.2) is 4.79 Å². The van der Waals surface area contributed by atoms with Gasteiger partial charge < -0.3 is 14.1 Å². The Morgan fingerprint density at radius 2 is 2.04 bits per heavy atom. The highest BCUT2D eigenvalue weighted by atomic mass is 16.5. The molecular formula is C20H19NO4. The third kappa shape index (κ3) is 3.26. The second-order valence-corrected chi connectivity index (χ2v) is 5.89. The van der Waals surface area contributed by atoms with Crippen LogP contribution in [0.3, 0.4) is 0 Å². The van der Waals surface area contributed by atoms with Crippen LogP contribution in [-0.2, 0) is 20.9 Å². The first kappa shape index (κ1) is 16.8. The molecule has 128 valence electrons. The van der Waals surface area contributed by atoms with Crippen LogP contribution in [0.4, 0.5) is 0 Å². The summed E-state index contributed by atoms with van der Waals surface area (Å²) >= 11 is 0. The molecule has 0 atom stereocenters. The normalized spacial score (nSPS) is 16.0. The summed E-state index contributed by atoms with van der Waals surface area (Å²) in [5.74, 6) is -0.115. The van der Waals surface area contributed by atoms with Crippen LogP contribution in [0.5, 0.6) is 0 Å². The third-order valence-corrected chi connectivity index (χ3v) is 4.15. The van der Waals surface area contributed by atoms with Crippen molar-refractivity contribution >= 4 is 18.0 Å². The number of hydrogen-bond donors (Lipinski definition) is 0. The first-order chi connectivity index (χ1) is 12.0. The Kier molecular flexibility index (Phi) is 4.57. The quantitative estimate of drug-likeness (QED) is 0.633. The lowest BCUT2D eigenvalue weighted by atomic mass is 10.0. The molecule has 0 radical (unpaired) electrons. The van der Waals surface area contributed by atoms with Crippen molar-refractivity contribution in [3.05, 3.63) is 76.4 Å². The molecule has 5 nitrogen and oxygen atoms in total. The van der Waals surface area contributed by atoms with Gasteiger partial charge in [-0.1, -0.05) is 29.8 Å². The molecule has 0 spiro atoms. The van der Waals surface area contributed by atoms with E-state index >= 15 is 0 Å². The number of aryl methyl sites for hydroxylation is 1. The Morgan fingerprint density at radius 3 is 2.68 bits per heavy atom. The van der Waals surface area contributed by atoms with Crippen molar-refractivity contribution in [3.8, 4) is 0 Å². The average molecular weight is 337 g/mol. The van der Waals surface area contributed by atoms with Crippen molar-refractivity contribution in [2.24, 2.45) is 0 Å². The Bertz CT molecular complexity index is 875. The van der Waals surface area contributed by atoms with Gasteiger partial charge in [0.25, 0.3) is 5.91 Å². The molecule has 25 heavy (non-hydrogen) atoms. The van der Waals surface area contributed by atoms with Crippen LogP contribution < -0.4 is 0 Å². The second kappa shape index (κ2) is 6.81. The number of carbonyl (C=O) groups is 2. The molecule has 1 amide bonds. The molecular weight excluding hydrogens is 318 g/mol. The predicted octanol–water partition coefficient (Wildman–Crippen LogP) is 3.46. The van der Waals surface area contributed by atoms with E-state index in [9.17, 15) is 9.59 Å². The molecule has 2 heterocycles. The van der Waals surface area contributed by atoms with Gasteiger partial charge >= 0.3 is 5.97 Å². The highest BCUT2D eigenvalue weighted by Gasteiger charge is 2.37. The Balaban J connectivity index is 2.04. The van der Waals surface area contributed by atoms with E-state index < -0.39 is 5.97 Å². The fourth-order valence-electron chi connectivity index (χ4n) is 2.90. The van der Waals surface area contributed by atoms with Crippen molar-refractivity contribution in [1.82, 2.24) is 4.90 Å². The number of nitrogens with zero attached hydrogens (tertiary/aromatic N) is 1. The van der Waals surface area contributed by atoms with Crippen LogP contribution in [0, 0.1) is 6.92 Å². The molecule has 0 aliphatic carbocycles. The van der Waals surface area contributed by atoms with Gasteiger partial charge in [-0.2, -0.15) is 0 Å². The largest absolute Gasteiger partial charge is 0.467 e.